The van der Waals surface area contributed by atoms with Gasteiger partial charge in [-0.15, -0.1) is 0 Å². The number of H-pyrrole nitrogens is 1. The number of carbonyl (C=O) groups excluding carboxylic acids is 1. The zero-order valence-corrected chi connectivity index (χ0v) is 9.97. The van der Waals surface area contributed by atoms with Crippen LogP contribution >= 0.6 is 0 Å². The van der Waals surface area contributed by atoms with Crippen LogP contribution in [0.1, 0.15) is 29.5 Å². The molecule has 0 aliphatic heterocycles. The normalized spacial score (nSPS) is 10.3. The number of nitrogen functional groups attached to an aromatic ring is 1. The summed E-state index contributed by atoms with van der Waals surface area (Å²) >= 11 is 0. The number of hydrogen-bond acceptors (Lipinski definition) is 5. The molecule has 0 bridgehead atoms. The second-order valence-corrected chi connectivity index (χ2v) is 3.80. The molecule has 0 aliphatic carbocycles. The van der Waals surface area contributed by atoms with Gasteiger partial charge in [-0.3, -0.25) is 9.89 Å². The smallest absolute Gasteiger partial charge is 0.278 e. The molecule has 2 heterocycles. The molecule has 0 spiro atoms. The van der Waals surface area contributed by atoms with Crippen LogP contribution in [-0.2, 0) is 6.42 Å². The van der Waals surface area contributed by atoms with Crippen LogP contribution in [-0.4, -0.2) is 26.1 Å². The molecule has 0 fully saturated rings. The molecule has 7 heteroatoms. The molecule has 2 rings (SSSR count). The number of anilines is 2. The standard InChI is InChI=1S/C11H14N6O/c1-2-3-8-9(12)10(17-16-8)11(18)15-7-4-13-6-14-5-7/h4-6H,2-3,12H2,1H3,(H,15,18)(H,16,17). The Kier molecular flexibility index (Phi) is 3.52. The minimum Gasteiger partial charge on any atom is -0.395 e. The SMILES string of the molecule is CCCc1[nH]nc(C(=O)Nc2cncnc2)c1N. The van der Waals surface area contributed by atoms with Crippen molar-refractivity contribution in [1.82, 2.24) is 20.2 Å². The molecule has 2 aromatic heterocycles. The maximum absolute atomic E-state index is 11.9. The summed E-state index contributed by atoms with van der Waals surface area (Å²) in [7, 11) is 0. The van der Waals surface area contributed by atoms with Crippen molar-refractivity contribution >= 4 is 17.3 Å². The van der Waals surface area contributed by atoms with E-state index in [1.54, 1.807) is 0 Å². The molecule has 0 aromatic carbocycles. The monoisotopic (exact) mass is 246 g/mol. The molecule has 0 saturated heterocycles. The first-order valence-electron chi connectivity index (χ1n) is 5.61. The average molecular weight is 246 g/mol. The molecule has 0 aliphatic rings. The van der Waals surface area contributed by atoms with Gasteiger partial charge in [-0.25, -0.2) is 9.97 Å². The second kappa shape index (κ2) is 5.26. The van der Waals surface area contributed by atoms with Gasteiger partial charge in [0, 0.05) is 0 Å². The van der Waals surface area contributed by atoms with Gasteiger partial charge in [0.25, 0.3) is 5.91 Å². The third-order valence-electron chi connectivity index (χ3n) is 2.42. The van der Waals surface area contributed by atoms with E-state index in [-0.39, 0.29) is 11.6 Å². The van der Waals surface area contributed by atoms with E-state index in [9.17, 15) is 4.79 Å². The number of nitrogens with zero attached hydrogens (tertiary/aromatic N) is 3. The topological polar surface area (TPSA) is 110 Å². The molecule has 18 heavy (non-hydrogen) atoms. The highest BCUT2D eigenvalue weighted by molar-refractivity contribution is 6.06. The van der Waals surface area contributed by atoms with Gasteiger partial charge in [0.15, 0.2) is 5.69 Å². The van der Waals surface area contributed by atoms with E-state index in [1.807, 2.05) is 6.92 Å². The van der Waals surface area contributed by atoms with Crippen molar-refractivity contribution in [3.63, 3.8) is 0 Å². The Labute approximate surface area is 104 Å². The molecule has 2 aromatic rings. The van der Waals surface area contributed by atoms with Crippen LogP contribution in [0, 0.1) is 0 Å². The number of aromatic nitrogens is 4. The summed E-state index contributed by atoms with van der Waals surface area (Å²) in [6, 6.07) is 0. The lowest BCUT2D eigenvalue weighted by Gasteiger charge is -2.02. The Morgan fingerprint density at radius 3 is 2.83 bits per heavy atom. The highest BCUT2D eigenvalue weighted by Gasteiger charge is 2.16. The van der Waals surface area contributed by atoms with Crippen LogP contribution in [0.15, 0.2) is 18.7 Å². The van der Waals surface area contributed by atoms with Crippen molar-refractivity contribution in [3.8, 4) is 0 Å². The fourth-order valence-electron chi connectivity index (χ4n) is 1.55. The lowest BCUT2D eigenvalue weighted by Crippen LogP contribution is -2.14. The van der Waals surface area contributed by atoms with Crippen LogP contribution in [0.4, 0.5) is 11.4 Å². The number of aryl methyl sites for hydroxylation is 1. The number of nitrogens with one attached hydrogen (secondary N) is 2. The second-order valence-electron chi connectivity index (χ2n) is 3.80. The van der Waals surface area contributed by atoms with E-state index in [0.717, 1.165) is 18.5 Å². The summed E-state index contributed by atoms with van der Waals surface area (Å²) in [4.78, 5) is 19.5. The highest BCUT2D eigenvalue weighted by Crippen LogP contribution is 2.16. The maximum atomic E-state index is 11.9. The van der Waals surface area contributed by atoms with Gasteiger partial charge in [-0.2, -0.15) is 5.10 Å². The van der Waals surface area contributed by atoms with Crippen molar-refractivity contribution in [1.29, 1.82) is 0 Å². The minimum atomic E-state index is -0.374. The van der Waals surface area contributed by atoms with Crippen molar-refractivity contribution in [3.05, 3.63) is 30.1 Å². The summed E-state index contributed by atoms with van der Waals surface area (Å²) in [5.74, 6) is -0.374. The maximum Gasteiger partial charge on any atom is 0.278 e. The van der Waals surface area contributed by atoms with E-state index in [1.165, 1.54) is 18.7 Å². The van der Waals surface area contributed by atoms with Crippen LogP contribution < -0.4 is 11.1 Å². The lowest BCUT2D eigenvalue weighted by atomic mass is 10.2. The highest BCUT2D eigenvalue weighted by atomic mass is 16.2. The predicted octanol–water partition coefficient (Wildman–Crippen LogP) is 0.987. The number of amides is 1. The first-order chi connectivity index (χ1) is 8.72. The van der Waals surface area contributed by atoms with E-state index >= 15 is 0 Å². The summed E-state index contributed by atoms with van der Waals surface area (Å²) in [6.45, 7) is 2.03. The van der Waals surface area contributed by atoms with Gasteiger partial charge < -0.3 is 11.1 Å². The molecule has 0 unspecified atom stereocenters. The van der Waals surface area contributed by atoms with Crippen LogP contribution in [0.3, 0.4) is 0 Å². The molecule has 1 amide bonds. The van der Waals surface area contributed by atoms with Gasteiger partial charge in [0.05, 0.1) is 29.5 Å². The summed E-state index contributed by atoms with van der Waals surface area (Å²) < 4.78 is 0. The Morgan fingerprint density at radius 1 is 1.44 bits per heavy atom. The van der Waals surface area contributed by atoms with Gasteiger partial charge in [-0.1, -0.05) is 13.3 Å². The van der Waals surface area contributed by atoms with Crippen LogP contribution in [0.5, 0.6) is 0 Å². The molecular weight excluding hydrogens is 232 g/mol. The van der Waals surface area contributed by atoms with Crippen molar-refractivity contribution in [2.75, 3.05) is 11.1 Å². The average Bonchev–Trinajstić information content (AvgIpc) is 2.73. The minimum absolute atomic E-state index is 0.197. The number of hydrogen-bond donors (Lipinski definition) is 3. The molecule has 0 saturated carbocycles. The predicted molar refractivity (Wildman–Crippen MR) is 67.0 cm³/mol. The van der Waals surface area contributed by atoms with E-state index in [2.05, 4.69) is 25.5 Å². The quantitative estimate of drug-likeness (QED) is 0.745. The summed E-state index contributed by atoms with van der Waals surface area (Å²) in [5, 5.41) is 9.33. The summed E-state index contributed by atoms with van der Waals surface area (Å²) in [6.07, 6.45) is 6.08. The number of aromatic amines is 1. The first-order valence-corrected chi connectivity index (χ1v) is 5.61. The van der Waals surface area contributed by atoms with E-state index in [0.29, 0.717) is 11.4 Å². The molecule has 4 N–H and O–H groups in total. The van der Waals surface area contributed by atoms with Crippen molar-refractivity contribution in [2.24, 2.45) is 0 Å². The fourth-order valence-corrected chi connectivity index (χ4v) is 1.55. The van der Waals surface area contributed by atoms with Crippen LogP contribution in [0.25, 0.3) is 0 Å². The lowest BCUT2D eigenvalue weighted by molar-refractivity contribution is 0.102. The van der Waals surface area contributed by atoms with Crippen molar-refractivity contribution < 1.29 is 4.79 Å². The Bertz CT molecular complexity index is 536. The number of carbonyl (C=O) groups is 1. The third kappa shape index (κ3) is 2.45. The first kappa shape index (κ1) is 12.0. The Morgan fingerprint density at radius 2 is 2.17 bits per heavy atom. The zero-order chi connectivity index (χ0) is 13.0. The van der Waals surface area contributed by atoms with E-state index < -0.39 is 0 Å². The van der Waals surface area contributed by atoms with Gasteiger partial charge >= 0.3 is 0 Å². The molecule has 94 valence electrons. The van der Waals surface area contributed by atoms with E-state index in [4.69, 9.17) is 5.73 Å². The number of nitrogens with two attached hydrogens (primary N) is 1. The van der Waals surface area contributed by atoms with Crippen molar-refractivity contribution in [2.45, 2.75) is 19.8 Å². The fraction of sp³-hybridized carbons (Fsp3) is 0.273. The van der Waals surface area contributed by atoms with Gasteiger partial charge in [0.1, 0.15) is 6.33 Å². The Balaban J connectivity index is 2.14. The third-order valence-corrected chi connectivity index (χ3v) is 2.42. The van der Waals surface area contributed by atoms with Gasteiger partial charge in [0.2, 0.25) is 0 Å². The van der Waals surface area contributed by atoms with Gasteiger partial charge in [-0.05, 0) is 6.42 Å². The Hall–Kier alpha value is -2.44. The largest absolute Gasteiger partial charge is 0.395 e. The van der Waals surface area contributed by atoms with Crippen LogP contribution in [0.2, 0.25) is 0 Å². The molecular formula is C11H14N6O. The molecule has 0 radical (unpaired) electrons. The summed E-state index contributed by atoms with van der Waals surface area (Å²) in [5.41, 5.74) is 7.74. The number of rotatable bonds is 4. The zero-order valence-electron chi connectivity index (χ0n) is 9.97. The molecule has 7 nitrogen and oxygen atoms in total. The molecule has 0 atom stereocenters.